The van der Waals surface area contributed by atoms with Crippen molar-refractivity contribution in [2.45, 2.75) is 83.7 Å². The molecule has 0 aliphatic heterocycles. The fourth-order valence-corrected chi connectivity index (χ4v) is 2.72. The second kappa shape index (κ2) is 22.4. The third-order valence-corrected chi connectivity index (χ3v) is 4.52. The molecule has 1 atom stereocenters. The van der Waals surface area contributed by atoms with Crippen molar-refractivity contribution < 1.29 is 24.5 Å². The second-order valence-corrected chi connectivity index (χ2v) is 7.35. The van der Waals surface area contributed by atoms with Crippen LogP contribution in [0.25, 0.3) is 0 Å². The lowest BCUT2D eigenvalue weighted by Gasteiger charge is -2.03. The first-order valence-corrected chi connectivity index (χ1v) is 11.5. The monoisotopic (exact) mass is 432 g/mol. The standard InChI is InChI=1S/C26H40O5/c1-2-3-4-5-6-7-8-9-10-11-12-13-14-15-16-17-18-19-20-21-22-25(29)31-26(30)24(28)23-27/h13-22,24,27-28H,2-12,23H2,1H3. The Balaban J connectivity index is 3.68. The van der Waals surface area contributed by atoms with Gasteiger partial charge in [-0.1, -0.05) is 119 Å². The van der Waals surface area contributed by atoms with Gasteiger partial charge in [0.25, 0.3) is 0 Å². The average Bonchev–Trinajstić information content (AvgIpc) is 2.77. The number of rotatable bonds is 18. The molecule has 0 radical (unpaired) electrons. The van der Waals surface area contributed by atoms with Gasteiger partial charge in [-0.15, -0.1) is 0 Å². The number of carbonyl (C=O) groups excluding carboxylic acids is 2. The number of ether oxygens (including phenoxy) is 1. The van der Waals surface area contributed by atoms with Gasteiger partial charge in [-0.25, -0.2) is 9.59 Å². The smallest absolute Gasteiger partial charge is 0.345 e. The van der Waals surface area contributed by atoms with E-state index in [2.05, 4.69) is 23.8 Å². The van der Waals surface area contributed by atoms with Crippen LogP contribution in [0, 0.1) is 0 Å². The average molecular weight is 433 g/mol. The molecule has 0 saturated heterocycles. The van der Waals surface area contributed by atoms with E-state index in [1.165, 1.54) is 70.3 Å². The molecule has 174 valence electrons. The third kappa shape index (κ3) is 20.8. The molecule has 5 nitrogen and oxygen atoms in total. The number of esters is 2. The van der Waals surface area contributed by atoms with Crippen LogP contribution in [0.5, 0.6) is 0 Å². The van der Waals surface area contributed by atoms with Crippen molar-refractivity contribution in [1.82, 2.24) is 0 Å². The predicted octanol–water partition coefficient (Wildman–Crippen LogP) is 5.50. The highest BCUT2D eigenvalue weighted by atomic mass is 16.6. The highest BCUT2D eigenvalue weighted by Gasteiger charge is 2.17. The van der Waals surface area contributed by atoms with E-state index in [0.717, 1.165) is 12.5 Å². The van der Waals surface area contributed by atoms with Gasteiger partial charge in [-0.2, -0.15) is 0 Å². The summed E-state index contributed by atoms with van der Waals surface area (Å²) in [7, 11) is 0. The molecule has 0 amide bonds. The Morgan fingerprint density at radius 3 is 1.77 bits per heavy atom. The molecule has 2 N–H and O–H groups in total. The van der Waals surface area contributed by atoms with E-state index in [9.17, 15) is 9.59 Å². The van der Waals surface area contributed by atoms with Crippen molar-refractivity contribution in [3.05, 3.63) is 60.8 Å². The number of hydrogen-bond donors (Lipinski definition) is 2. The van der Waals surface area contributed by atoms with E-state index in [1.807, 2.05) is 24.3 Å². The van der Waals surface area contributed by atoms with Gasteiger partial charge < -0.3 is 14.9 Å². The molecule has 0 spiro atoms. The van der Waals surface area contributed by atoms with E-state index in [0.29, 0.717) is 0 Å². The summed E-state index contributed by atoms with van der Waals surface area (Å²) >= 11 is 0. The Kier molecular flexibility index (Phi) is 20.8. The zero-order valence-corrected chi connectivity index (χ0v) is 19.0. The van der Waals surface area contributed by atoms with Gasteiger partial charge >= 0.3 is 11.9 Å². The highest BCUT2D eigenvalue weighted by molar-refractivity contribution is 5.93. The van der Waals surface area contributed by atoms with Crippen LogP contribution in [0.15, 0.2) is 60.8 Å². The number of aliphatic hydroxyl groups excluding tert-OH is 2. The minimum atomic E-state index is -1.70. The molecule has 0 aliphatic rings. The molecular formula is C26H40O5. The van der Waals surface area contributed by atoms with Crippen LogP contribution in [0.1, 0.15) is 77.6 Å². The van der Waals surface area contributed by atoms with Crippen molar-refractivity contribution in [3.63, 3.8) is 0 Å². The number of aliphatic hydroxyl groups is 2. The van der Waals surface area contributed by atoms with E-state index < -0.39 is 24.6 Å². The number of unbranched alkanes of at least 4 members (excludes halogenated alkanes) is 10. The quantitative estimate of drug-likeness (QED) is 0.0982. The molecule has 0 heterocycles. The fraction of sp³-hybridized carbons (Fsp3) is 0.538. The Morgan fingerprint density at radius 2 is 1.23 bits per heavy atom. The molecule has 0 rings (SSSR count). The molecular weight excluding hydrogens is 392 g/mol. The fourth-order valence-electron chi connectivity index (χ4n) is 2.72. The summed E-state index contributed by atoms with van der Waals surface area (Å²) in [6.07, 6.45) is 30.6. The van der Waals surface area contributed by atoms with E-state index in [-0.39, 0.29) is 0 Å². The summed E-state index contributed by atoms with van der Waals surface area (Å²) in [6, 6.07) is 0. The van der Waals surface area contributed by atoms with Gasteiger partial charge in [0.2, 0.25) is 0 Å². The van der Waals surface area contributed by atoms with E-state index in [4.69, 9.17) is 10.2 Å². The predicted molar refractivity (Wildman–Crippen MR) is 126 cm³/mol. The van der Waals surface area contributed by atoms with Crippen LogP contribution in [0.3, 0.4) is 0 Å². The van der Waals surface area contributed by atoms with Crippen molar-refractivity contribution in [3.8, 4) is 0 Å². The van der Waals surface area contributed by atoms with Crippen molar-refractivity contribution in [2.75, 3.05) is 6.61 Å². The Hall–Kier alpha value is -2.24. The van der Waals surface area contributed by atoms with Gasteiger partial charge in [0.1, 0.15) is 0 Å². The lowest BCUT2D eigenvalue weighted by Crippen LogP contribution is -2.28. The van der Waals surface area contributed by atoms with Gasteiger partial charge in [0, 0.05) is 6.08 Å². The summed E-state index contributed by atoms with van der Waals surface area (Å²) in [6.45, 7) is 1.47. The number of carbonyl (C=O) groups is 2. The van der Waals surface area contributed by atoms with Crippen molar-refractivity contribution in [2.24, 2.45) is 0 Å². The van der Waals surface area contributed by atoms with E-state index >= 15 is 0 Å². The second-order valence-electron chi connectivity index (χ2n) is 7.35. The highest BCUT2D eigenvalue weighted by Crippen LogP contribution is 2.11. The maximum atomic E-state index is 11.3. The van der Waals surface area contributed by atoms with Crippen LogP contribution in [0.4, 0.5) is 0 Å². The summed E-state index contributed by atoms with van der Waals surface area (Å²) in [4.78, 5) is 22.3. The maximum absolute atomic E-state index is 11.3. The molecule has 0 aromatic carbocycles. The first kappa shape index (κ1) is 28.8. The summed E-state index contributed by atoms with van der Waals surface area (Å²) < 4.78 is 4.30. The third-order valence-electron chi connectivity index (χ3n) is 4.52. The summed E-state index contributed by atoms with van der Waals surface area (Å²) in [5.74, 6) is -2.08. The van der Waals surface area contributed by atoms with Crippen molar-refractivity contribution in [1.29, 1.82) is 0 Å². The molecule has 5 heteroatoms. The minimum Gasteiger partial charge on any atom is -0.393 e. The molecule has 31 heavy (non-hydrogen) atoms. The number of allylic oxidation sites excluding steroid dienone is 9. The number of hydrogen-bond acceptors (Lipinski definition) is 5. The van der Waals surface area contributed by atoms with Gasteiger partial charge in [0.05, 0.1) is 6.61 Å². The Bertz CT molecular complexity index is 599. The van der Waals surface area contributed by atoms with Crippen LogP contribution < -0.4 is 0 Å². The van der Waals surface area contributed by atoms with Crippen LogP contribution in [0.2, 0.25) is 0 Å². The maximum Gasteiger partial charge on any atom is 0.345 e. The van der Waals surface area contributed by atoms with Crippen LogP contribution in [-0.4, -0.2) is 34.9 Å². The Labute approximate surface area is 187 Å². The lowest BCUT2D eigenvalue weighted by atomic mass is 10.1. The van der Waals surface area contributed by atoms with Gasteiger partial charge in [-0.05, 0) is 12.8 Å². The van der Waals surface area contributed by atoms with Crippen LogP contribution >= 0.6 is 0 Å². The Morgan fingerprint density at radius 1 is 0.742 bits per heavy atom. The molecule has 0 aromatic rings. The van der Waals surface area contributed by atoms with Crippen LogP contribution in [-0.2, 0) is 14.3 Å². The van der Waals surface area contributed by atoms with Gasteiger partial charge in [0.15, 0.2) is 6.10 Å². The zero-order valence-electron chi connectivity index (χ0n) is 19.0. The zero-order chi connectivity index (χ0) is 23.0. The first-order valence-electron chi connectivity index (χ1n) is 11.5. The molecule has 0 aliphatic carbocycles. The summed E-state index contributed by atoms with van der Waals surface area (Å²) in [5, 5.41) is 17.5. The molecule has 0 saturated carbocycles. The summed E-state index contributed by atoms with van der Waals surface area (Å²) in [5.41, 5.74) is 0. The minimum absolute atomic E-state index is 0.789. The molecule has 0 aromatic heterocycles. The van der Waals surface area contributed by atoms with Crippen molar-refractivity contribution >= 4 is 11.9 Å². The topological polar surface area (TPSA) is 83.8 Å². The first-order chi connectivity index (χ1) is 15.1. The van der Waals surface area contributed by atoms with Gasteiger partial charge in [-0.3, -0.25) is 0 Å². The largest absolute Gasteiger partial charge is 0.393 e. The molecule has 0 fully saturated rings. The van der Waals surface area contributed by atoms with E-state index in [1.54, 1.807) is 12.2 Å². The molecule has 1 unspecified atom stereocenters. The SMILES string of the molecule is CCCCCCCCCCCCC=CC=CC=CC=CC=CC(=O)OC(=O)C(O)CO. The molecule has 0 bridgehead atoms. The normalized spacial score (nSPS) is 13.4. The lowest BCUT2D eigenvalue weighted by molar-refractivity contribution is -0.164.